The van der Waals surface area contributed by atoms with E-state index in [1.807, 2.05) is 12.1 Å². The van der Waals surface area contributed by atoms with Crippen molar-refractivity contribution in [3.63, 3.8) is 0 Å². The monoisotopic (exact) mass is 187 g/mol. The van der Waals surface area contributed by atoms with E-state index in [9.17, 15) is 4.79 Å². The van der Waals surface area contributed by atoms with Crippen molar-refractivity contribution in [3.05, 3.63) is 35.4 Å². The number of benzene rings is 1. The normalized spacial score (nSPS) is 15.7. The second kappa shape index (κ2) is 4.21. The summed E-state index contributed by atoms with van der Waals surface area (Å²) < 4.78 is 0. The molecule has 2 nitrogen and oxygen atoms in total. The van der Waals surface area contributed by atoms with E-state index in [1.54, 1.807) is 6.08 Å². The van der Waals surface area contributed by atoms with Crippen LogP contribution >= 0.6 is 0 Å². The van der Waals surface area contributed by atoms with Crippen molar-refractivity contribution in [2.45, 2.75) is 31.7 Å². The first kappa shape index (κ1) is 9.17. The fourth-order valence-corrected chi connectivity index (χ4v) is 1.81. The number of isocyanates is 1. The molecule has 0 unspecified atom stereocenters. The summed E-state index contributed by atoms with van der Waals surface area (Å²) >= 11 is 0. The Hall–Kier alpha value is -1.40. The number of aliphatic imine (C=N–C) groups is 1. The van der Waals surface area contributed by atoms with Gasteiger partial charge in [-0.3, -0.25) is 0 Å². The molecule has 14 heavy (non-hydrogen) atoms. The highest BCUT2D eigenvalue weighted by molar-refractivity contribution is 5.34. The average Bonchev–Trinajstić information content (AvgIpc) is 2.13. The smallest absolute Gasteiger partial charge is 0.211 e. The lowest BCUT2D eigenvalue weighted by Gasteiger charge is -2.26. The van der Waals surface area contributed by atoms with E-state index in [0.29, 0.717) is 6.54 Å². The molecule has 72 valence electrons. The largest absolute Gasteiger partial charge is 0.235 e. The molecule has 0 amide bonds. The number of hydrogen-bond donors (Lipinski definition) is 0. The second-order valence-corrected chi connectivity index (χ2v) is 3.78. The maximum Gasteiger partial charge on any atom is 0.235 e. The summed E-state index contributed by atoms with van der Waals surface area (Å²) in [4.78, 5) is 13.6. The third kappa shape index (κ3) is 1.91. The van der Waals surface area contributed by atoms with Crippen LogP contribution in [-0.2, 0) is 11.3 Å². The van der Waals surface area contributed by atoms with E-state index < -0.39 is 0 Å². The first-order valence-corrected chi connectivity index (χ1v) is 5.02. The SMILES string of the molecule is O=C=NCc1cccc(C2CCC2)c1. The van der Waals surface area contributed by atoms with Crippen LogP contribution in [0.25, 0.3) is 0 Å². The van der Waals surface area contributed by atoms with Crippen molar-refractivity contribution in [2.24, 2.45) is 4.99 Å². The van der Waals surface area contributed by atoms with Crippen LogP contribution in [0.5, 0.6) is 0 Å². The van der Waals surface area contributed by atoms with Gasteiger partial charge < -0.3 is 0 Å². The zero-order valence-electron chi connectivity index (χ0n) is 8.07. The zero-order valence-corrected chi connectivity index (χ0v) is 8.07. The van der Waals surface area contributed by atoms with Crippen LogP contribution in [0.4, 0.5) is 0 Å². The third-order valence-electron chi connectivity index (χ3n) is 2.85. The first-order valence-electron chi connectivity index (χ1n) is 5.02. The van der Waals surface area contributed by atoms with E-state index in [-0.39, 0.29) is 0 Å². The molecule has 2 rings (SSSR count). The summed E-state index contributed by atoms with van der Waals surface area (Å²) in [6, 6.07) is 8.37. The van der Waals surface area contributed by atoms with Gasteiger partial charge in [0.1, 0.15) is 0 Å². The maximum atomic E-state index is 9.97. The average molecular weight is 187 g/mol. The van der Waals surface area contributed by atoms with Gasteiger partial charge in [-0.25, -0.2) is 9.79 Å². The molecule has 0 aliphatic heterocycles. The Morgan fingerprint density at radius 1 is 1.43 bits per heavy atom. The molecule has 1 aliphatic rings. The highest BCUT2D eigenvalue weighted by atomic mass is 16.1. The standard InChI is InChI=1S/C12H13NO/c14-9-13-8-10-3-1-6-12(7-10)11-4-2-5-11/h1,3,6-7,11H,2,4-5,8H2. The summed E-state index contributed by atoms with van der Waals surface area (Å²) in [6.07, 6.45) is 5.53. The topological polar surface area (TPSA) is 29.4 Å². The van der Waals surface area contributed by atoms with Crippen LogP contribution in [-0.4, -0.2) is 6.08 Å². The van der Waals surface area contributed by atoms with Crippen molar-refractivity contribution in [1.29, 1.82) is 0 Å². The molecule has 0 atom stereocenters. The fraction of sp³-hybridized carbons (Fsp3) is 0.417. The number of carbonyl (C=O) groups excluding carboxylic acids is 1. The Balaban J connectivity index is 2.13. The van der Waals surface area contributed by atoms with Gasteiger partial charge >= 0.3 is 0 Å². The fourth-order valence-electron chi connectivity index (χ4n) is 1.81. The summed E-state index contributed by atoms with van der Waals surface area (Å²) in [5.74, 6) is 0.746. The van der Waals surface area contributed by atoms with Crippen molar-refractivity contribution in [3.8, 4) is 0 Å². The molecule has 0 radical (unpaired) electrons. The van der Waals surface area contributed by atoms with Crippen LogP contribution in [0.3, 0.4) is 0 Å². The molecule has 0 N–H and O–H groups in total. The lowest BCUT2D eigenvalue weighted by atomic mass is 9.80. The van der Waals surface area contributed by atoms with Gasteiger partial charge in [-0.2, -0.15) is 0 Å². The Kier molecular flexibility index (Phi) is 2.76. The van der Waals surface area contributed by atoms with Gasteiger partial charge in [0.25, 0.3) is 0 Å². The lowest BCUT2D eigenvalue weighted by Crippen LogP contribution is -2.08. The molecule has 1 aliphatic carbocycles. The van der Waals surface area contributed by atoms with Gasteiger partial charge in [0, 0.05) is 0 Å². The van der Waals surface area contributed by atoms with E-state index in [4.69, 9.17) is 0 Å². The van der Waals surface area contributed by atoms with Crippen LogP contribution in [0.2, 0.25) is 0 Å². The molecule has 0 aromatic heterocycles. The van der Waals surface area contributed by atoms with Crippen molar-refractivity contribution in [2.75, 3.05) is 0 Å². The highest BCUT2D eigenvalue weighted by Gasteiger charge is 2.19. The van der Waals surface area contributed by atoms with Crippen LogP contribution in [0.15, 0.2) is 29.3 Å². The molecular formula is C12H13NO. The molecule has 1 fully saturated rings. The highest BCUT2D eigenvalue weighted by Crippen LogP contribution is 2.36. The van der Waals surface area contributed by atoms with E-state index in [1.165, 1.54) is 24.8 Å². The molecule has 1 aromatic rings. The van der Waals surface area contributed by atoms with Crippen LogP contribution in [0.1, 0.15) is 36.3 Å². The molecule has 0 heterocycles. The van der Waals surface area contributed by atoms with E-state index in [0.717, 1.165) is 11.5 Å². The van der Waals surface area contributed by atoms with Gasteiger partial charge in [-0.1, -0.05) is 30.7 Å². The van der Waals surface area contributed by atoms with Crippen LogP contribution in [0, 0.1) is 0 Å². The molecule has 0 spiro atoms. The molecule has 1 aromatic carbocycles. The summed E-state index contributed by atoms with van der Waals surface area (Å²) in [5, 5.41) is 0. The van der Waals surface area contributed by atoms with E-state index >= 15 is 0 Å². The van der Waals surface area contributed by atoms with Crippen molar-refractivity contribution < 1.29 is 4.79 Å². The third-order valence-corrected chi connectivity index (χ3v) is 2.85. The Labute approximate surface area is 83.7 Å². The Morgan fingerprint density at radius 2 is 2.29 bits per heavy atom. The number of hydrogen-bond acceptors (Lipinski definition) is 2. The minimum absolute atomic E-state index is 0.462. The molecule has 2 heteroatoms. The molecular weight excluding hydrogens is 174 g/mol. The van der Waals surface area contributed by atoms with Gasteiger partial charge in [0.05, 0.1) is 6.54 Å². The minimum Gasteiger partial charge on any atom is -0.211 e. The van der Waals surface area contributed by atoms with Gasteiger partial charge in [0.2, 0.25) is 6.08 Å². The number of rotatable bonds is 3. The lowest BCUT2D eigenvalue weighted by molar-refractivity contribution is 0.419. The zero-order chi connectivity index (χ0) is 9.80. The Bertz CT molecular complexity index is 362. The number of nitrogens with zero attached hydrogens (tertiary/aromatic N) is 1. The predicted molar refractivity (Wildman–Crippen MR) is 54.9 cm³/mol. The maximum absolute atomic E-state index is 9.97. The predicted octanol–water partition coefficient (Wildman–Crippen LogP) is 2.79. The quantitative estimate of drug-likeness (QED) is 0.528. The summed E-state index contributed by atoms with van der Waals surface area (Å²) in [6.45, 7) is 0.462. The van der Waals surface area contributed by atoms with Gasteiger partial charge in [0.15, 0.2) is 0 Å². The minimum atomic E-state index is 0.462. The van der Waals surface area contributed by atoms with Crippen LogP contribution < -0.4 is 0 Å². The Morgan fingerprint density at radius 3 is 2.93 bits per heavy atom. The van der Waals surface area contributed by atoms with Crippen molar-refractivity contribution >= 4 is 6.08 Å². The van der Waals surface area contributed by atoms with Gasteiger partial charge in [-0.05, 0) is 29.9 Å². The van der Waals surface area contributed by atoms with Gasteiger partial charge in [-0.15, -0.1) is 0 Å². The second-order valence-electron chi connectivity index (χ2n) is 3.78. The first-order chi connectivity index (χ1) is 6.90. The van der Waals surface area contributed by atoms with Crippen molar-refractivity contribution in [1.82, 2.24) is 0 Å². The summed E-state index contributed by atoms with van der Waals surface area (Å²) in [5.41, 5.74) is 2.51. The molecule has 0 bridgehead atoms. The van der Waals surface area contributed by atoms with E-state index in [2.05, 4.69) is 17.1 Å². The molecule has 0 saturated heterocycles. The molecule has 1 saturated carbocycles. The summed E-state index contributed by atoms with van der Waals surface area (Å²) in [7, 11) is 0.